The topological polar surface area (TPSA) is 35.9 Å². The molecule has 0 saturated carbocycles. The van der Waals surface area contributed by atoms with Crippen molar-refractivity contribution in [2.24, 2.45) is 0 Å². The second-order valence-corrected chi connectivity index (χ2v) is 5.89. The molecule has 1 aliphatic heterocycles. The molecule has 1 aliphatic rings. The van der Waals surface area contributed by atoms with Crippen molar-refractivity contribution in [1.29, 1.82) is 0 Å². The van der Waals surface area contributed by atoms with Gasteiger partial charge >= 0.3 is 0 Å². The molecule has 21 heavy (non-hydrogen) atoms. The van der Waals surface area contributed by atoms with E-state index >= 15 is 0 Å². The summed E-state index contributed by atoms with van der Waals surface area (Å²) < 4.78 is 5.68. The Morgan fingerprint density at radius 2 is 1.90 bits per heavy atom. The Morgan fingerprint density at radius 1 is 1.19 bits per heavy atom. The van der Waals surface area contributed by atoms with Crippen molar-refractivity contribution in [1.82, 2.24) is 9.80 Å². The standard InChI is InChI=1S/C17H32N2O2/c1-3-9-17(20)16-18(2)10-7-14-21-15-8-13-19-11-5-4-6-12-19/h17,20H,4-8,10-16H2,1-2H3. The first-order chi connectivity index (χ1) is 10.2. The molecule has 0 aromatic heterocycles. The van der Waals surface area contributed by atoms with Crippen molar-refractivity contribution in [2.75, 3.05) is 53.0 Å². The maximum Gasteiger partial charge on any atom is 0.127 e. The average molecular weight is 296 g/mol. The Hall–Kier alpha value is -0.600. The third kappa shape index (κ3) is 9.87. The summed E-state index contributed by atoms with van der Waals surface area (Å²) in [7, 11) is 2.01. The summed E-state index contributed by atoms with van der Waals surface area (Å²) in [5, 5.41) is 9.56. The van der Waals surface area contributed by atoms with Crippen molar-refractivity contribution in [3.63, 3.8) is 0 Å². The van der Waals surface area contributed by atoms with Gasteiger partial charge in [0.25, 0.3) is 0 Å². The number of nitrogens with zero attached hydrogens (tertiary/aromatic N) is 2. The third-order valence-electron chi connectivity index (χ3n) is 3.84. The van der Waals surface area contributed by atoms with E-state index in [-0.39, 0.29) is 0 Å². The van der Waals surface area contributed by atoms with Crippen LogP contribution in [0.1, 0.15) is 39.0 Å². The van der Waals surface area contributed by atoms with E-state index in [9.17, 15) is 5.11 Å². The van der Waals surface area contributed by atoms with Crippen LogP contribution in [0.5, 0.6) is 0 Å². The number of rotatable bonds is 10. The zero-order chi connectivity index (χ0) is 15.3. The molecule has 0 bridgehead atoms. The van der Waals surface area contributed by atoms with Gasteiger partial charge in [0.05, 0.1) is 0 Å². The lowest BCUT2D eigenvalue weighted by Crippen LogP contribution is -2.31. The molecule has 0 amide bonds. The first-order valence-corrected chi connectivity index (χ1v) is 8.31. The minimum atomic E-state index is -0.537. The lowest BCUT2D eigenvalue weighted by Gasteiger charge is -2.26. The summed E-state index contributed by atoms with van der Waals surface area (Å²) in [5.74, 6) is 5.49. The third-order valence-corrected chi connectivity index (χ3v) is 3.84. The number of ether oxygens (including phenoxy) is 1. The first kappa shape index (κ1) is 18.4. The van der Waals surface area contributed by atoms with Crippen molar-refractivity contribution >= 4 is 0 Å². The zero-order valence-electron chi connectivity index (χ0n) is 13.8. The van der Waals surface area contributed by atoms with Crippen LogP contribution in [0, 0.1) is 11.8 Å². The molecule has 1 fully saturated rings. The molecule has 122 valence electrons. The summed E-state index contributed by atoms with van der Waals surface area (Å²) in [4.78, 5) is 4.66. The number of hydrogen-bond donors (Lipinski definition) is 1. The van der Waals surface area contributed by atoms with Crippen LogP contribution >= 0.6 is 0 Å². The fourth-order valence-corrected chi connectivity index (χ4v) is 2.71. The quantitative estimate of drug-likeness (QED) is 0.490. The highest BCUT2D eigenvalue weighted by Crippen LogP contribution is 2.08. The SMILES string of the molecule is CC#CC(O)CN(C)CCCOCCCN1CCCCC1. The summed E-state index contributed by atoms with van der Waals surface area (Å²) in [6.45, 7) is 8.69. The molecule has 1 saturated heterocycles. The van der Waals surface area contributed by atoms with Crippen LogP contribution in [0.25, 0.3) is 0 Å². The number of aliphatic hydroxyl groups excluding tert-OH is 1. The molecule has 0 aliphatic carbocycles. The molecule has 1 N–H and O–H groups in total. The first-order valence-electron chi connectivity index (χ1n) is 8.31. The molecular formula is C17H32N2O2. The second kappa shape index (κ2) is 12.0. The second-order valence-electron chi connectivity index (χ2n) is 5.89. The van der Waals surface area contributed by atoms with Crippen LogP contribution < -0.4 is 0 Å². The molecule has 4 heteroatoms. The minimum absolute atomic E-state index is 0.537. The van der Waals surface area contributed by atoms with Crippen molar-refractivity contribution in [3.05, 3.63) is 0 Å². The fourth-order valence-electron chi connectivity index (χ4n) is 2.71. The predicted molar refractivity (Wildman–Crippen MR) is 87.3 cm³/mol. The van der Waals surface area contributed by atoms with E-state index < -0.39 is 6.10 Å². The van der Waals surface area contributed by atoms with Crippen LogP contribution in [0.3, 0.4) is 0 Å². The van der Waals surface area contributed by atoms with Crippen LogP contribution in [-0.4, -0.2) is 74.0 Å². The van der Waals surface area contributed by atoms with Crippen LogP contribution in [-0.2, 0) is 4.74 Å². The Morgan fingerprint density at radius 3 is 2.62 bits per heavy atom. The van der Waals surface area contributed by atoms with Gasteiger partial charge in [0, 0.05) is 32.8 Å². The lowest BCUT2D eigenvalue weighted by molar-refractivity contribution is 0.104. The monoisotopic (exact) mass is 296 g/mol. The minimum Gasteiger partial charge on any atom is -0.381 e. The van der Waals surface area contributed by atoms with E-state index in [4.69, 9.17) is 4.74 Å². The Bertz CT molecular complexity index is 306. The van der Waals surface area contributed by atoms with Gasteiger partial charge in [0.2, 0.25) is 0 Å². The van der Waals surface area contributed by atoms with Crippen molar-refractivity contribution in [2.45, 2.75) is 45.1 Å². The van der Waals surface area contributed by atoms with Gasteiger partial charge in [-0.1, -0.05) is 12.3 Å². The molecule has 4 nitrogen and oxygen atoms in total. The zero-order valence-corrected chi connectivity index (χ0v) is 13.8. The summed E-state index contributed by atoms with van der Waals surface area (Å²) in [6.07, 6.45) is 5.74. The van der Waals surface area contributed by atoms with Gasteiger partial charge in [-0.3, -0.25) is 0 Å². The average Bonchev–Trinajstić information content (AvgIpc) is 2.47. The van der Waals surface area contributed by atoms with E-state index in [2.05, 4.69) is 21.6 Å². The highest BCUT2D eigenvalue weighted by molar-refractivity contribution is 5.02. The van der Waals surface area contributed by atoms with Gasteiger partial charge in [0.1, 0.15) is 6.10 Å². The van der Waals surface area contributed by atoms with Gasteiger partial charge < -0.3 is 19.6 Å². The van der Waals surface area contributed by atoms with Gasteiger partial charge in [-0.2, -0.15) is 0 Å². The van der Waals surface area contributed by atoms with Crippen LogP contribution in [0.15, 0.2) is 0 Å². The number of piperidine rings is 1. The van der Waals surface area contributed by atoms with Crippen LogP contribution in [0.2, 0.25) is 0 Å². The highest BCUT2D eigenvalue weighted by atomic mass is 16.5. The fraction of sp³-hybridized carbons (Fsp3) is 0.882. The Labute approximate surface area is 130 Å². The van der Waals surface area contributed by atoms with E-state index in [0.29, 0.717) is 6.54 Å². The molecule has 0 spiro atoms. The lowest BCUT2D eigenvalue weighted by atomic mass is 10.1. The molecule has 0 radical (unpaired) electrons. The van der Waals surface area contributed by atoms with Crippen molar-refractivity contribution in [3.8, 4) is 11.8 Å². The predicted octanol–water partition coefficient (Wildman–Crippen LogP) is 1.59. The Balaban J connectivity index is 1.88. The van der Waals surface area contributed by atoms with E-state index in [0.717, 1.165) is 32.6 Å². The number of aliphatic hydroxyl groups is 1. The summed E-state index contributed by atoms with van der Waals surface area (Å²) in [5.41, 5.74) is 0. The Kier molecular flexibility index (Phi) is 10.5. The summed E-state index contributed by atoms with van der Waals surface area (Å²) in [6, 6.07) is 0. The van der Waals surface area contributed by atoms with Gasteiger partial charge in [-0.05, 0) is 52.7 Å². The summed E-state index contributed by atoms with van der Waals surface area (Å²) >= 11 is 0. The largest absolute Gasteiger partial charge is 0.381 e. The molecule has 0 aromatic carbocycles. The molecule has 1 atom stereocenters. The number of hydrogen-bond acceptors (Lipinski definition) is 4. The smallest absolute Gasteiger partial charge is 0.127 e. The maximum atomic E-state index is 9.56. The molecule has 1 rings (SSSR count). The van der Waals surface area contributed by atoms with E-state index in [1.165, 1.54) is 38.9 Å². The maximum absolute atomic E-state index is 9.56. The molecular weight excluding hydrogens is 264 g/mol. The van der Waals surface area contributed by atoms with E-state index in [1.54, 1.807) is 6.92 Å². The normalized spacial score (nSPS) is 17.5. The van der Waals surface area contributed by atoms with Crippen LogP contribution in [0.4, 0.5) is 0 Å². The number of likely N-dealkylation sites (N-methyl/N-ethyl adjacent to an activating group) is 1. The highest BCUT2D eigenvalue weighted by Gasteiger charge is 2.09. The van der Waals surface area contributed by atoms with Gasteiger partial charge in [-0.25, -0.2) is 0 Å². The molecule has 1 unspecified atom stereocenters. The van der Waals surface area contributed by atoms with Gasteiger partial charge in [-0.15, -0.1) is 5.92 Å². The van der Waals surface area contributed by atoms with Crippen molar-refractivity contribution < 1.29 is 9.84 Å². The molecule has 1 heterocycles. The van der Waals surface area contributed by atoms with E-state index in [1.807, 2.05) is 7.05 Å². The number of likely N-dealkylation sites (tertiary alicyclic amines) is 1. The molecule has 0 aromatic rings. The van der Waals surface area contributed by atoms with Gasteiger partial charge in [0.15, 0.2) is 0 Å².